The van der Waals surface area contributed by atoms with Gasteiger partial charge in [-0.1, -0.05) is 23.8 Å². The van der Waals surface area contributed by atoms with Crippen LogP contribution >= 0.6 is 0 Å². The van der Waals surface area contributed by atoms with Gasteiger partial charge >= 0.3 is 0 Å². The fourth-order valence-corrected chi connectivity index (χ4v) is 3.12. The van der Waals surface area contributed by atoms with Crippen molar-refractivity contribution < 1.29 is 14.2 Å². The highest BCUT2D eigenvalue weighted by atomic mass is 16.5. The zero-order chi connectivity index (χ0) is 16.9. The average Bonchev–Trinajstić information content (AvgIpc) is 2.71. The Kier molecular flexibility index (Phi) is 5.09. The summed E-state index contributed by atoms with van der Waals surface area (Å²) in [6.07, 6.45) is 5.24. The van der Waals surface area contributed by atoms with Crippen molar-refractivity contribution in [2.45, 2.75) is 26.2 Å². The summed E-state index contributed by atoms with van der Waals surface area (Å²) in [5.74, 6) is 2.69. The molecule has 126 valence electrons. The van der Waals surface area contributed by atoms with Crippen LogP contribution in [0.2, 0.25) is 0 Å². The van der Waals surface area contributed by atoms with E-state index in [0.717, 1.165) is 47.6 Å². The van der Waals surface area contributed by atoms with Gasteiger partial charge in [-0.3, -0.25) is 0 Å². The predicted octanol–water partition coefficient (Wildman–Crippen LogP) is 5.03. The lowest BCUT2D eigenvalue weighted by Crippen LogP contribution is -2.02. The largest absolute Gasteiger partial charge is 0.497 e. The first kappa shape index (κ1) is 16.4. The molecule has 0 aliphatic carbocycles. The molecule has 3 nitrogen and oxygen atoms in total. The van der Waals surface area contributed by atoms with Gasteiger partial charge in [0, 0.05) is 17.5 Å². The molecule has 0 saturated carbocycles. The molecule has 0 aromatic heterocycles. The van der Waals surface area contributed by atoms with Crippen LogP contribution in [0.15, 0.2) is 48.0 Å². The average molecular weight is 324 g/mol. The number of rotatable bonds is 3. The van der Waals surface area contributed by atoms with Crippen LogP contribution in [0, 0.1) is 0 Å². The third-order valence-corrected chi connectivity index (χ3v) is 4.47. The second-order valence-electron chi connectivity index (χ2n) is 6.04. The van der Waals surface area contributed by atoms with E-state index in [1.807, 2.05) is 24.3 Å². The third kappa shape index (κ3) is 3.40. The van der Waals surface area contributed by atoms with E-state index < -0.39 is 0 Å². The molecule has 1 aliphatic rings. The standard InChI is InChI=1S/C21H24O3/c1-15-5-4-6-18-19(24-14-13-15)11-12-20(23-3)21(18)16-7-9-17(22-2)10-8-16/h5,7-12H,4,6,13-14H2,1-3H3/b15-5-. The van der Waals surface area contributed by atoms with Gasteiger partial charge in [-0.15, -0.1) is 0 Å². The second-order valence-corrected chi connectivity index (χ2v) is 6.04. The van der Waals surface area contributed by atoms with Crippen LogP contribution in [0.1, 0.15) is 25.3 Å². The number of benzene rings is 2. The van der Waals surface area contributed by atoms with Gasteiger partial charge in [-0.05, 0) is 49.6 Å². The lowest BCUT2D eigenvalue weighted by atomic mass is 9.94. The van der Waals surface area contributed by atoms with E-state index in [1.54, 1.807) is 14.2 Å². The fourth-order valence-electron chi connectivity index (χ4n) is 3.12. The summed E-state index contributed by atoms with van der Waals surface area (Å²) >= 11 is 0. The Morgan fingerprint density at radius 1 is 0.917 bits per heavy atom. The lowest BCUT2D eigenvalue weighted by molar-refractivity contribution is 0.318. The molecule has 0 N–H and O–H groups in total. The van der Waals surface area contributed by atoms with E-state index in [4.69, 9.17) is 14.2 Å². The highest BCUT2D eigenvalue weighted by Crippen LogP contribution is 2.40. The Bertz CT molecular complexity index is 729. The highest BCUT2D eigenvalue weighted by Gasteiger charge is 2.17. The first-order valence-corrected chi connectivity index (χ1v) is 8.35. The fraction of sp³-hybridized carbons (Fsp3) is 0.333. The molecule has 0 atom stereocenters. The summed E-state index contributed by atoms with van der Waals surface area (Å²) in [6, 6.07) is 12.1. The number of methoxy groups -OCH3 is 2. The first-order chi connectivity index (χ1) is 11.7. The van der Waals surface area contributed by atoms with Crippen LogP contribution in [0.4, 0.5) is 0 Å². The van der Waals surface area contributed by atoms with Crippen molar-refractivity contribution in [2.75, 3.05) is 20.8 Å². The Labute approximate surface area is 143 Å². The Hall–Kier alpha value is -2.42. The Morgan fingerprint density at radius 3 is 2.42 bits per heavy atom. The van der Waals surface area contributed by atoms with Gasteiger partial charge < -0.3 is 14.2 Å². The summed E-state index contributed by atoms with van der Waals surface area (Å²) in [5, 5.41) is 0. The molecule has 2 aromatic carbocycles. The van der Waals surface area contributed by atoms with Crippen molar-refractivity contribution in [2.24, 2.45) is 0 Å². The molecule has 2 aromatic rings. The zero-order valence-corrected chi connectivity index (χ0v) is 14.6. The molecular formula is C21H24O3. The molecule has 0 unspecified atom stereocenters. The summed E-state index contributed by atoms with van der Waals surface area (Å²) in [7, 11) is 3.40. The number of hydrogen-bond donors (Lipinski definition) is 0. The summed E-state index contributed by atoms with van der Waals surface area (Å²) in [4.78, 5) is 0. The molecule has 3 heteroatoms. The van der Waals surface area contributed by atoms with E-state index >= 15 is 0 Å². The van der Waals surface area contributed by atoms with E-state index in [9.17, 15) is 0 Å². The van der Waals surface area contributed by atoms with Gasteiger partial charge in [0.1, 0.15) is 17.2 Å². The maximum Gasteiger partial charge on any atom is 0.127 e. The normalized spacial score (nSPS) is 16.5. The van der Waals surface area contributed by atoms with Crippen LogP contribution in [0.25, 0.3) is 11.1 Å². The van der Waals surface area contributed by atoms with Gasteiger partial charge in [0.2, 0.25) is 0 Å². The van der Waals surface area contributed by atoms with Gasteiger partial charge in [-0.2, -0.15) is 0 Å². The topological polar surface area (TPSA) is 27.7 Å². The zero-order valence-electron chi connectivity index (χ0n) is 14.6. The molecule has 3 rings (SSSR count). The summed E-state index contributed by atoms with van der Waals surface area (Å²) < 4.78 is 17.0. The SMILES string of the molecule is COc1ccc(-c2c(OC)ccc3c2CC/C=C(/C)CCO3)cc1. The molecule has 0 fully saturated rings. The maximum atomic E-state index is 6.06. The molecule has 1 heterocycles. The molecule has 24 heavy (non-hydrogen) atoms. The maximum absolute atomic E-state index is 6.06. The molecule has 0 bridgehead atoms. The van der Waals surface area contributed by atoms with Gasteiger partial charge in [-0.25, -0.2) is 0 Å². The molecule has 0 radical (unpaired) electrons. The number of ether oxygens (including phenoxy) is 3. The first-order valence-electron chi connectivity index (χ1n) is 8.35. The second kappa shape index (κ2) is 7.43. The number of allylic oxidation sites excluding steroid dienone is 1. The van der Waals surface area contributed by atoms with Crippen molar-refractivity contribution in [1.82, 2.24) is 0 Å². The highest BCUT2D eigenvalue weighted by molar-refractivity contribution is 5.77. The van der Waals surface area contributed by atoms with E-state index in [2.05, 4.69) is 25.1 Å². The molecular weight excluding hydrogens is 300 g/mol. The van der Waals surface area contributed by atoms with Gasteiger partial charge in [0.05, 0.1) is 20.8 Å². The van der Waals surface area contributed by atoms with Crippen molar-refractivity contribution >= 4 is 0 Å². The van der Waals surface area contributed by atoms with Crippen molar-refractivity contribution in [3.63, 3.8) is 0 Å². The minimum Gasteiger partial charge on any atom is -0.497 e. The Balaban J connectivity index is 2.10. The van der Waals surface area contributed by atoms with E-state index in [0.29, 0.717) is 6.61 Å². The minimum atomic E-state index is 0.712. The number of fused-ring (bicyclic) bond motifs is 1. The van der Waals surface area contributed by atoms with E-state index in [1.165, 1.54) is 11.1 Å². The van der Waals surface area contributed by atoms with Gasteiger partial charge in [0.25, 0.3) is 0 Å². The summed E-state index contributed by atoms with van der Waals surface area (Å²) in [6.45, 7) is 2.88. The monoisotopic (exact) mass is 324 g/mol. The van der Waals surface area contributed by atoms with Crippen LogP contribution < -0.4 is 14.2 Å². The van der Waals surface area contributed by atoms with Crippen LogP contribution in [-0.2, 0) is 6.42 Å². The number of hydrogen-bond acceptors (Lipinski definition) is 3. The minimum absolute atomic E-state index is 0.712. The smallest absolute Gasteiger partial charge is 0.127 e. The molecule has 0 spiro atoms. The molecule has 1 aliphatic heterocycles. The van der Waals surface area contributed by atoms with Crippen LogP contribution in [-0.4, -0.2) is 20.8 Å². The van der Waals surface area contributed by atoms with Crippen molar-refractivity contribution in [3.8, 4) is 28.4 Å². The van der Waals surface area contributed by atoms with Gasteiger partial charge in [0.15, 0.2) is 0 Å². The van der Waals surface area contributed by atoms with E-state index in [-0.39, 0.29) is 0 Å². The predicted molar refractivity (Wildman–Crippen MR) is 97.2 cm³/mol. The third-order valence-electron chi connectivity index (χ3n) is 4.47. The van der Waals surface area contributed by atoms with Crippen LogP contribution in [0.3, 0.4) is 0 Å². The summed E-state index contributed by atoms with van der Waals surface area (Å²) in [5.41, 5.74) is 4.84. The Morgan fingerprint density at radius 2 is 1.71 bits per heavy atom. The van der Waals surface area contributed by atoms with Crippen molar-refractivity contribution in [1.29, 1.82) is 0 Å². The molecule has 0 saturated heterocycles. The lowest BCUT2D eigenvalue weighted by Gasteiger charge is -2.18. The van der Waals surface area contributed by atoms with Crippen LogP contribution in [0.5, 0.6) is 17.2 Å². The van der Waals surface area contributed by atoms with Crippen molar-refractivity contribution in [3.05, 3.63) is 53.6 Å². The quantitative estimate of drug-likeness (QED) is 0.741. The molecule has 0 amide bonds.